The van der Waals surface area contributed by atoms with Gasteiger partial charge in [0.25, 0.3) is 0 Å². The van der Waals surface area contributed by atoms with Gasteiger partial charge in [0.2, 0.25) is 5.89 Å². The highest BCUT2D eigenvalue weighted by Crippen LogP contribution is 2.18. The van der Waals surface area contributed by atoms with Crippen molar-refractivity contribution < 1.29 is 9.15 Å². The molecule has 7 nitrogen and oxygen atoms in total. The largest absolute Gasteiger partial charge is 0.407 e. The molecule has 1 aliphatic rings. The Bertz CT molecular complexity index is 398. The average Bonchev–Trinajstić information content (AvgIpc) is 2.81. The molecule has 20 heavy (non-hydrogen) atoms. The lowest BCUT2D eigenvalue weighted by atomic mass is 10.3. The minimum atomic E-state index is 0.386. The summed E-state index contributed by atoms with van der Waals surface area (Å²) in [6, 6.07) is 1.02. The first kappa shape index (κ1) is 15.2. The fraction of sp³-hybridized carbons (Fsp3) is 0.846. The molecule has 0 bridgehead atoms. The molecule has 0 amide bonds. The van der Waals surface area contributed by atoms with Gasteiger partial charge in [0.1, 0.15) is 0 Å². The van der Waals surface area contributed by atoms with E-state index in [1.54, 1.807) is 7.11 Å². The summed E-state index contributed by atoms with van der Waals surface area (Å²) in [4.78, 5) is 4.55. The second-order valence-electron chi connectivity index (χ2n) is 5.31. The molecule has 0 radical (unpaired) electrons. The first-order valence-corrected chi connectivity index (χ1v) is 7.18. The predicted octanol–water partition coefficient (Wildman–Crippen LogP) is 0.336. The van der Waals surface area contributed by atoms with Crippen molar-refractivity contribution in [1.29, 1.82) is 0 Å². The molecule has 1 N–H and O–H groups in total. The summed E-state index contributed by atoms with van der Waals surface area (Å²) >= 11 is 0. The quantitative estimate of drug-likeness (QED) is 0.755. The van der Waals surface area contributed by atoms with E-state index in [1.807, 2.05) is 0 Å². The summed E-state index contributed by atoms with van der Waals surface area (Å²) in [5.41, 5.74) is 0. The highest BCUT2D eigenvalue weighted by atomic mass is 16.5. The molecule has 2 heterocycles. The zero-order chi connectivity index (χ0) is 14.4. The Labute approximate surface area is 120 Å². The van der Waals surface area contributed by atoms with Crippen LogP contribution in [0.2, 0.25) is 0 Å². The van der Waals surface area contributed by atoms with Crippen LogP contribution in [-0.2, 0) is 11.3 Å². The number of ether oxygens (including phenoxy) is 1. The van der Waals surface area contributed by atoms with Crippen LogP contribution in [0.15, 0.2) is 4.42 Å². The molecule has 114 valence electrons. The Balaban J connectivity index is 1.90. The van der Waals surface area contributed by atoms with Crippen molar-refractivity contribution in [2.45, 2.75) is 25.9 Å². The van der Waals surface area contributed by atoms with Crippen molar-refractivity contribution in [2.75, 3.05) is 51.8 Å². The van der Waals surface area contributed by atoms with Crippen molar-refractivity contribution in [1.82, 2.24) is 20.4 Å². The second kappa shape index (κ2) is 7.56. The van der Waals surface area contributed by atoms with Crippen molar-refractivity contribution in [3.8, 4) is 0 Å². The van der Waals surface area contributed by atoms with Gasteiger partial charge in [0, 0.05) is 32.8 Å². The zero-order valence-corrected chi connectivity index (χ0v) is 12.6. The van der Waals surface area contributed by atoms with E-state index in [0.29, 0.717) is 31.1 Å². The number of hydrogen-bond donors (Lipinski definition) is 1. The van der Waals surface area contributed by atoms with Gasteiger partial charge in [0.15, 0.2) is 0 Å². The fourth-order valence-corrected chi connectivity index (χ4v) is 2.46. The molecule has 0 aromatic carbocycles. The molecule has 7 heteroatoms. The zero-order valence-electron chi connectivity index (χ0n) is 12.6. The van der Waals surface area contributed by atoms with E-state index in [1.165, 1.54) is 0 Å². The Morgan fingerprint density at radius 3 is 3.05 bits per heavy atom. The van der Waals surface area contributed by atoms with Crippen molar-refractivity contribution >= 4 is 6.01 Å². The normalized spacial score (nSPS) is 21.1. The maximum Gasteiger partial charge on any atom is 0.318 e. The van der Waals surface area contributed by atoms with E-state index < -0.39 is 0 Å². The van der Waals surface area contributed by atoms with E-state index in [0.717, 1.165) is 32.6 Å². The number of nitrogens with one attached hydrogen (secondary N) is 1. The van der Waals surface area contributed by atoms with Gasteiger partial charge >= 0.3 is 6.01 Å². The Kier molecular flexibility index (Phi) is 5.75. The average molecular weight is 283 g/mol. The summed E-state index contributed by atoms with van der Waals surface area (Å²) in [5, 5.41) is 11.5. The first-order valence-electron chi connectivity index (χ1n) is 7.18. The van der Waals surface area contributed by atoms with Crippen LogP contribution in [0, 0.1) is 0 Å². The molecule has 1 aliphatic heterocycles. The van der Waals surface area contributed by atoms with Crippen LogP contribution >= 0.6 is 0 Å². The Hall–Kier alpha value is -1.18. The van der Waals surface area contributed by atoms with E-state index in [-0.39, 0.29) is 0 Å². The molecule has 1 aromatic heterocycles. The number of anilines is 1. The second-order valence-corrected chi connectivity index (χ2v) is 5.31. The molecule has 1 atom stereocenters. The van der Waals surface area contributed by atoms with Gasteiger partial charge in [-0.3, -0.25) is 0 Å². The number of aromatic nitrogens is 2. The number of rotatable bonds is 6. The van der Waals surface area contributed by atoms with Crippen LogP contribution in [0.5, 0.6) is 0 Å². The third-order valence-electron chi connectivity index (χ3n) is 3.51. The number of methoxy groups -OCH3 is 1. The predicted molar refractivity (Wildman–Crippen MR) is 76.8 cm³/mol. The lowest BCUT2D eigenvalue weighted by Gasteiger charge is -2.25. The maximum absolute atomic E-state index is 5.75. The highest BCUT2D eigenvalue weighted by molar-refractivity contribution is 5.26. The van der Waals surface area contributed by atoms with Crippen LogP contribution in [0.1, 0.15) is 19.2 Å². The standard InChI is InChI=1S/C13H25N5O2/c1-11-10-17(2)6-4-7-18(11)13-16-15-12(20-13)9-14-5-8-19-3/h11,14H,4-10H2,1-3H3. The molecular weight excluding hydrogens is 258 g/mol. The topological polar surface area (TPSA) is 66.7 Å². The van der Waals surface area contributed by atoms with Crippen LogP contribution in [0.3, 0.4) is 0 Å². The molecule has 0 spiro atoms. The van der Waals surface area contributed by atoms with E-state index in [4.69, 9.17) is 9.15 Å². The summed E-state index contributed by atoms with van der Waals surface area (Å²) < 4.78 is 10.7. The summed E-state index contributed by atoms with van der Waals surface area (Å²) in [7, 11) is 3.84. The summed E-state index contributed by atoms with van der Waals surface area (Å²) in [6.45, 7) is 7.32. The molecule has 1 aromatic rings. The minimum absolute atomic E-state index is 0.386. The van der Waals surface area contributed by atoms with E-state index in [2.05, 4.69) is 39.3 Å². The number of hydrogen-bond acceptors (Lipinski definition) is 7. The lowest BCUT2D eigenvalue weighted by Crippen LogP contribution is -2.38. The van der Waals surface area contributed by atoms with E-state index >= 15 is 0 Å². The molecule has 1 fully saturated rings. The van der Waals surface area contributed by atoms with Gasteiger partial charge in [-0.2, -0.15) is 0 Å². The third kappa shape index (κ3) is 4.16. The minimum Gasteiger partial charge on any atom is -0.407 e. The molecule has 2 rings (SSSR count). The smallest absolute Gasteiger partial charge is 0.318 e. The van der Waals surface area contributed by atoms with Gasteiger partial charge in [-0.05, 0) is 26.9 Å². The number of nitrogens with zero attached hydrogens (tertiary/aromatic N) is 4. The van der Waals surface area contributed by atoms with Crippen LogP contribution in [0.25, 0.3) is 0 Å². The van der Waals surface area contributed by atoms with Crippen LogP contribution < -0.4 is 10.2 Å². The van der Waals surface area contributed by atoms with Gasteiger partial charge in [-0.25, -0.2) is 0 Å². The van der Waals surface area contributed by atoms with Crippen molar-refractivity contribution in [3.63, 3.8) is 0 Å². The summed E-state index contributed by atoms with van der Waals surface area (Å²) in [6.07, 6.45) is 1.12. The van der Waals surface area contributed by atoms with Crippen molar-refractivity contribution in [3.05, 3.63) is 5.89 Å². The fourth-order valence-electron chi connectivity index (χ4n) is 2.46. The molecule has 1 saturated heterocycles. The molecular formula is C13H25N5O2. The van der Waals surface area contributed by atoms with Gasteiger partial charge in [0.05, 0.1) is 13.2 Å². The SMILES string of the molecule is COCCNCc1nnc(N2CCCN(C)CC2C)o1. The number of likely N-dealkylation sites (N-methyl/N-ethyl adjacent to an activating group) is 1. The first-order chi connectivity index (χ1) is 9.70. The van der Waals surface area contributed by atoms with Gasteiger partial charge in [-0.15, -0.1) is 5.10 Å². The Morgan fingerprint density at radius 1 is 1.40 bits per heavy atom. The Morgan fingerprint density at radius 2 is 2.25 bits per heavy atom. The van der Waals surface area contributed by atoms with Crippen LogP contribution in [-0.4, -0.2) is 68.1 Å². The summed E-state index contributed by atoms with van der Waals surface area (Å²) in [5.74, 6) is 0.626. The lowest BCUT2D eigenvalue weighted by molar-refractivity contribution is 0.198. The highest BCUT2D eigenvalue weighted by Gasteiger charge is 2.23. The third-order valence-corrected chi connectivity index (χ3v) is 3.51. The maximum atomic E-state index is 5.75. The van der Waals surface area contributed by atoms with Crippen LogP contribution in [0.4, 0.5) is 6.01 Å². The van der Waals surface area contributed by atoms with E-state index in [9.17, 15) is 0 Å². The van der Waals surface area contributed by atoms with Gasteiger partial charge in [-0.1, -0.05) is 5.10 Å². The monoisotopic (exact) mass is 283 g/mol. The molecule has 0 saturated carbocycles. The molecule has 0 aliphatic carbocycles. The van der Waals surface area contributed by atoms with Gasteiger partial charge < -0.3 is 24.3 Å². The van der Waals surface area contributed by atoms with Crippen molar-refractivity contribution in [2.24, 2.45) is 0 Å². The molecule has 1 unspecified atom stereocenters.